The summed E-state index contributed by atoms with van der Waals surface area (Å²) in [6, 6.07) is 52.7. The molecule has 0 radical (unpaired) electrons. The van der Waals surface area contributed by atoms with Gasteiger partial charge in [-0.3, -0.25) is 0 Å². The number of aryl methyl sites for hydroxylation is 1. The Bertz CT molecular complexity index is 2130. The van der Waals surface area contributed by atoms with Gasteiger partial charge in [0.05, 0.1) is 0 Å². The number of allylic oxidation sites excluding steroid dienone is 1. The largest absolute Gasteiger partial charge is 0.162 e. The minimum absolute atomic E-state index is 0.363. The van der Waals surface area contributed by atoms with Gasteiger partial charge >= 0.3 is 0 Å². The molecule has 6 aromatic carbocycles. The first-order valence-corrected chi connectivity index (χ1v) is 18.6. The van der Waals surface area contributed by atoms with Crippen molar-refractivity contribution >= 4 is 14.9 Å². The molecule has 1 heterocycles. The average molecular weight is 613 g/mol. The number of hydrogen-bond donors (Lipinski definition) is 0. The molecule has 6 aromatic rings. The first-order valence-electron chi connectivity index (χ1n) is 16.5. The van der Waals surface area contributed by atoms with Gasteiger partial charge in [-0.2, -0.15) is 10.0 Å². The molecule has 0 aromatic heterocycles. The van der Waals surface area contributed by atoms with Crippen LogP contribution in [0, 0.1) is 6.92 Å². The van der Waals surface area contributed by atoms with Gasteiger partial charge in [0.25, 0.3) is 0 Å². The molecule has 226 valence electrons. The molecule has 2 aliphatic rings. The van der Waals surface area contributed by atoms with Crippen LogP contribution >= 0.6 is 10.0 Å². The molecule has 1 aliphatic carbocycles. The lowest BCUT2D eigenvalue weighted by atomic mass is 9.83. The van der Waals surface area contributed by atoms with Crippen molar-refractivity contribution in [1.82, 2.24) is 0 Å². The normalized spacial score (nSPS) is 22.0. The molecule has 3 atom stereocenters. The summed E-state index contributed by atoms with van der Waals surface area (Å²) in [5.41, 5.74) is 15.0. The summed E-state index contributed by atoms with van der Waals surface area (Å²) in [4.78, 5) is 4.37. The minimum atomic E-state index is -1.40. The molecule has 0 bridgehead atoms. The molecule has 3 unspecified atom stereocenters. The number of benzene rings is 6. The number of hydrogen-bond acceptors (Lipinski definition) is 0. The summed E-state index contributed by atoms with van der Waals surface area (Å²) in [5, 5.41) is 0. The van der Waals surface area contributed by atoms with Crippen LogP contribution < -0.4 is 0 Å². The van der Waals surface area contributed by atoms with Gasteiger partial charge < -0.3 is 0 Å². The van der Waals surface area contributed by atoms with Crippen molar-refractivity contribution in [1.29, 1.82) is 0 Å². The summed E-state index contributed by atoms with van der Waals surface area (Å²) in [6.07, 6.45) is 5.97. The van der Waals surface area contributed by atoms with E-state index in [4.69, 9.17) is 0 Å². The summed E-state index contributed by atoms with van der Waals surface area (Å²) in [5.74, 6) is 0.852. The fourth-order valence-corrected chi connectivity index (χ4v) is 12.1. The molecule has 0 nitrogen and oxygen atoms in total. The van der Waals surface area contributed by atoms with Crippen molar-refractivity contribution in [2.75, 3.05) is 6.26 Å². The Kier molecular flexibility index (Phi) is 7.11. The van der Waals surface area contributed by atoms with Crippen molar-refractivity contribution in [3.63, 3.8) is 0 Å². The molecular formula is C45H40S. The zero-order valence-corrected chi connectivity index (χ0v) is 27.9. The molecule has 46 heavy (non-hydrogen) atoms. The van der Waals surface area contributed by atoms with Crippen molar-refractivity contribution in [2.24, 2.45) is 0 Å². The highest BCUT2D eigenvalue weighted by molar-refractivity contribution is 8.40. The molecule has 0 N–H and O–H groups in total. The second-order valence-corrected chi connectivity index (χ2v) is 16.2. The maximum Gasteiger partial charge on any atom is 0.0101 e. The monoisotopic (exact) mass is 612 g/mol. The van der Waals surface area contributed by atoms with E-state index in [2.05, 4.69) is 173 Å². The predicted molar refractivity (Wildman–Crippen MR) is 199 cm³/mol. The molecule has 0 saturated carbocycles. The Morgan fingerprint density at radius 1 is 0.565 bits per heavy atom. The summed E-state index contributed by atoms with van der Waals surface area (Å²) in [6.45, 7) is 6.87. The van der Waals surface area contributed by atoms with E-state index in [0.29, 0.717) is 11.8 Å². The van der Waals surface area contributed by atoms with Gasteiger partial charge in [-0.05, 0) is 112 Å². The third-order valence-corrected chi connectivity index (χ3v) is 14.4. The van der Waals surface area contributed by atoms with Crippen LogP contribution in [0.4, 0.5) is 0 Å². The minimum Gasteiger partial charge on any atom is -0.162 e. The fourth-order valence-electron chi connectivity index (χ4n) is 8.24. The van der Waals surface area contributed by atoms with Gasteiger partial charge in [-0.25, -0.2) is 0 Å². The maximum atomic E-state index is 2.49. The smallest absolute Gasteiger partial charge is 0.0101 e. The zero-order chi connectivity index (χ0) is 31.4. The van der Waals surface area contributed by atoms with Crippen LogP contribution in [-0.2, 0) is 0 Å². The van der Waals surface area contributed by atoms with Gasteiger partial charge in [0.1, 0.15) is 0 Å². The van der Waals surface area contributed by atoms with Crippen molar-refractivity contribution < 1.29 is 0 Å². The predicted octanol–water partition coefficient (Wildman–Crippen LogP) is 12.9. The molecule has 1 aliphatic heterocycles. The van der Waals surface area contributed by atoms with E-state index in [9.17, 15) is 0 Å². The molecule has 0 spiro atoms. The topological polar surface area (TPSA) is 0 Å². The number of fused-ring (bicyclic) bond motifs is 6. The average Bonchev–Trinajstić information content (AvgIpc) is 3.23. The van der Waals surface area contributed by atoms with Crippen LogP contribution in [-0.4, -0.2) is 6.26 Å². The maximum absolute atomic E-state index is 2.49. The van der Waals surface area contributed by atoms with E-state index < -0.39 is 10.0 Å². The highest BCUT2D eigenvalue weighted by atomic mass is 32.3. The van der Waals surface area contributed by atoms with Crippen LogP contribution in [0.3, 0.4) is 0 Å². The zero-order valence-electron chi connectivity index (χ0n) is 27.1. The first kappa shape index (κ1) is 28.9. The Labute approximate surface area is 275 Å². The Morgan fingerprint density at radius 2 is 1.15 bits per heavy atom. The lowest BCUT2D eigenvalue weighted by molar-refractivity contribution is 0.626. The van der Waals surface area contributed by atoms with E-state index in [1.54, 1.807) is 0 Å². The SMILES string of the molecule is C/C=C1\c2ccc(-c3ccc(C4CC(C)c5ccccc5-c5ccccc54)cc3)cc2-c2ccccc2S1(C)c1ccccc1C. The van der Waals surface area contributed by atoms with Gasteiger partial charge in [-0.15, -0.1) is 0 Å². The standard InChI is InChI=1S/C45H40S/c1-5-43-40-27-26-34(29-42(40)39-19-11-13-21-45(39)46(43,4)44-20-12-6-14-30(44)2)32-22-24-33(25-23-32)41-28-31(3)35-15-7-8-16-36(35)37-17-9-10-18-38(37)41/h5-27,29,31,41H,28H2,1-4H3/b43-5+. The third kappa shape index (κ3) is 4.44. The fraction of sp³-hybridized carbons (Fsp3) is 0.156. The molecule has 0 fully saturated rings. The van der Waals surface area contributed by atoms with Crippen molar-refractivity contribution in [3.8, 4) is 33.4 Å². The summed E-state index contributed by atoms with van der Waals surface area (Å²) >= 11 is 0. The second kappa shape index (κ2) is 11.3. The van der Waals surface area contributed by atoms with Crippen LogP contribution in [0.15, 0.2) is 155 Å². The van der Waals surface area contributed by atoms with E-state index in [0.717, 1.165) is 6.42 Å². The molecule has 0 saturated heterocycles. The second-order valence-electron chi connectivity index (χ2n) is 13.1. The lowest BCUT2D eigenvalue weighted by Crippen LogP contribution is -2.11. The molecule has 1 heteroatoms. The third-order valence-electron chi connectivity index (χ3n) is 10.5. The summed E-state index contributed by atoms with van der Waals surface area (Å²) in [7, 11) is -1.40. The highest BCUT2D eigenvalue weighted by Gasteiger charge is 2.37. The van der Waals surface area contributed by atoms with Crippen LogP contribution in [0.1, 0.15) is 59.9 Å². The molecular weight excluding hydrogens is 573 g/mol. The molecule has 8 rings (SSSR count). The quantitative estimate of drug-likeness (QED) is 0.186. The Hall–Kier alpha value is -4.59. The van der Waals surface area contributed by atoms with Crippen molar-refractivity contribution in [2.45, 2.75) is 48.8 Å². The van der Waals surface area contributed by atoms with E-state index in [1.807, 2.05) is 0 Å². The van der Waals surface area contributed by atoms with Crippen LogP contribution in [0.25, 0.3) is 38.3 Å². The van der Waals surface area contributed by atoms with E-state index in [-0.39, 0.29) is 0 Å². The van der Waals surface area contributed by atoms with Gasteiger partial charge in [0.2, 0.25) is 0 Å². The van der Waals surface area contributed by atoms with Crippen LogP contribution in [0.5, 0.6) is 0 Å². The Balaban J connectivity index is 1.19. The van der Waals surface area contributed by atoms with Crippen molar-refractivity contribution in [3.05, 3.63) is 173 Å². The Morgan fingerprint density at radius 3 is 1.87 bits per heavy atom. The van der Waals surface area contributed by atoms with E-state index >= 15 is 0 Å². The first-order chi connectivity index (χ1) is 22.5. The van der Waals surface area contributed by atoms with Gasteiger partial charge in [0, 0.05) is 20.6 Å². The van der Waals surface area contributed by atoms with Crippen LogP contribution in [0.2, 0.25) is 0 Å². The van der Waals surface area contributed by atoms with Gasteiger partial charge in [-0.1, -0.05) is 134 Å². The summed E-state index contributed by atoms with van der Waals surface area (Å²) < 4.78 is 0. The molecule has 0 amide bonds. The lowest BCUT2D eigenvalue weighted by Gasteiger charge is -2.45. The van der Waals surface area contributed by atoms with Gasteiger partial charge in [0.15, 0.2) is 0 Å². The highest BCUT2D eigenvalue weighted by Crippen LogP contribution is 2.74. The van der Waals surface area contributed by atoms with E-state index in [1.165, 1.54) is 75.9 Å². The number of rotatable bonds is 3.